The van der Waals surface area contributed by atoms with Crippen LogP contribution in [0.4, 0.5) is 5.69 Å². The van der Waals surface area contributed by atoms with Gasteiger partial charge in [0.05, 0.1) is 16.3 Å². The van der Waals surface area contributed by atoms with Crippen molar-refractivity contribution in [3.8, 4) is 5.75 Å². The van der Waals surface area contributed by atoms with E-state index in [0.717, 1.165) is 31.6 Å². The Kier molecular flexibility index (Phi) is 7.23. The number of anilines is 1. The molecule has 2 unspecified atom stereocenters. The van der Waals surface area contributed by atoms with Crippen LogP contribution >= 0.6 is 23.2 Å². The van der Waals surface area contributed by atoms with Gasteiger partial charge < -0.3 is 4.74 Å². The zero-order valence-electron chi connectivity index (χ0n) is 17.5. The van der Waals surface area contributed by atoms with Crippen LogP contribution in [0.2, 0.25) is 10.0 Å². The number of para-hydroxylation sites is 1. The average molecular weight is 471 g/mol. The van der Waals surface area contributed by atoms with Crippen LogP contribution in [0.25, 0.3) is 0 Å². The van der Waals surface area contributed by atoms with Gasteiger partial charge in [-0.05, 0) is 54.1 Å². The van der Waals surface area contributed by atoms with Gasteiger partial charge in [-0.15, -0.1) is 0 Å². The van der Waals surface area contributed by atoms with Crippen LogP contribution in [0.15, 0.2) is 42.5 Å². The molecule has 0 aliphatic carbocycles. The summed E-state index contributed by atoms with van der Waals surface area (Å²) in [5.41, 5.74) is 1.73. The molecule has 0 amide bonds. The van der Waals surface area contributed by atoms with E-state index in [1.165, 1.54) is 6.26 Å². The first kappa shape index (κ1) is 23.2. The van der Waals surface area contributed by atoms with Crippen molar-refractivity contribution in [1.82, 2.24) is 4.90 Å². The van der Waals surface area contributed by atoms with Crippen molar-refractivity contribution in [2.24, 2.45) is 5.92 Å². The SMILES string of the molecule is CC1CN(CCOc2c(Cl)cccc2Cl)CCC1(C)c1cccc(NS(C)(=O)=O)c1. The number of ether oxygens (including phenoxy) is 1. The molecular weight excluding hydrogens is 443 g/mol. The third-order valence-corrected chi connectivity index (χ3v) is 7.17. The number of likely N-dealkylation sites (tertiary alicyclic amines) is 1. The molecule has 0 bridgehead atoms. The molecule has 0 radical (unpaired) electrons. The fourth-order valence-electron chi connectivity index (χ4n) is 4.00. The number of nitrogens with one attached hydrogen (secondary N) is 1. The minimum Gasteiger partial charge on any atom is -0.489 e. The first-order valence-electron chi connectivity index (χ1n) is 9.96. The van der Waals surface area contributed by atoms with Gasteiger partial charge in [0.1, 0.15) is 6.61 Å². The van der Waals surface area contributed by atoms with Gasteiger partial charge in [0, 0.05) is 18.8 Å². The summed E-state index contributed by atoms with van der Waals surface area (Å²) in [6.07, 6.45) is 2.14. The Morgan fingerprint density at radius 3 is 2.50 bits per heavy atom. The summed E-state index contributed by atoms with van der Waals surface area (Å²) in [7, 11) is -3.30. The summed E-state index contributed by atoms with van der Waals surface area (Å²) < 4.78 is 31.6. The van der Waals surface area contributed by atoms with Crippen molar-refractivity contribution in [2.75, 3.05) is 37.2 Å². The van der Waals surface area contributed by atoms with E-state index in [1.807, 2.05) is 12.1 Å². The van der Waals surface area contributed by atoms with E-state index in [0.29, 0.717) is 34.0 Å². The molecule has 1 aliphatic rings. The molecule has 1 N–H and O–H groups in total. The molecule has 2 atom stereocenters. The van der Waals surface area contributed by atoms with E-state index < -0.39 is 10.0 Å². The van der Waals surface area contributed by atoms with Gasteiger partial charge in [-0.1, -0.05) is 55.2 Å². The lowest BCUT2D eigenvalue weighted by Gasteiger charge is -2.45. The lowest BCUT2D eigenvalue weighted by molar-refractivity contribution is 0.0971. The van der Waals surface area contributed by atoms with Crippen LogP contribution in [-0.4, -0.2) is 45.8 Å². The number of nitrogens with zero attached hydrogens (tertiary/aromatic N) is 1. The zero-order valence-corrected chi connectivity index (χ0v) is 19.8. The molecule has 0 aromatic heterocycles. The standard InChI is InChI=1S/C22H28Cl2N2O3S/c1-16-15-26(12-13-29-21-19(23)8-5-9-20(21)24)11-10-22(16,2)17-6-4-7-18(14-17)25-30(3,27)28/h4-9,14,16,25H,10-13,15H2,1-3H3. The van der Waals surface area contributed by atoms with Crippen molar-refractivity contribution >= 4 is 38.9 Å². The molecule has 1 saturated heterocycles. The highest BCUT2D eigenvalue weighted by Crippen LogP contribution is 2.40. The van der Waals surface area contributed by atoms with Gasteiger partial charge in [0.15, 0.2) is 5.75 Å². The van der Waals surface area contributed by atoms with E-state index >= 15 is 0 Å². The average Bonchev–Trinajstić information content (AvgIpc) is 2.66. The lowest BCUT2D eigenvalue weighted by Crippen LogP contribution is -2.48. The van der Waals surface area contributed by atoms with Crippen LogP contribution in [0.1, 0.15) is 25.8 Å². The highest BCUT2D eigenvalue weighted by Gasteiger charge is 2.38. The van der Waals surface area contributed by atoms with E-state index in [9.17, 15) is 8.42 Å². The molecule has 5 nitrogen and oxygen atoms in total. The third-order valence-electron chi connectivity index (χ3n) is 5.97. The monoisotopic (exact) mass is 470 g/mol. The highest BCUT2D eigenvalue weighted by atomic mass is 35.5. The van der Waals surface area contributed by atoms with Crippen molar-refractivity contribution in [3.05, 3.63) is 58.1 Å². The van der Waals surface area contributed by atoms with Crippen LogP contribution in [0.3, 0.4) is 0 Å². The smallest absolute Gasteiger partial charge is 0.229 e. The number of hydrogen-bond acceptors (Lipinski definition) is 4. The summed E-state index contributed by atoms with van der Waals surface area (Å²) in [5.74, 6) is 0.926. The molecule has 2 aromatic carbocycles. The number of benzene rings is 2. The van der Waals surface area contributed by atoms with Crippen LogP contribution in [0, 0.1) is 5.92 Å². The predicted octanol–water partition coefficient (Wildman–Crippen LogP) is 5.04. The van der Waals surface area contributed by atoms with E-state index in [-0.39, 0.29) is 5.41 Å². The minimum absolute atomic E-state index is 0.0292. The van der Waals surface area contributed by atoms with Gasteiger partial charge in [0.2, 0.25) is 10.0 Å². The normalized spacial score (nSPS) is 22.6. The third kappa shape index (κ3) is 5.61. The quantitative estimate of drug-likeness (QED) is 0.615. The molecule has 0 saturated carbocycles. The lowest BCUT2D eigenvalue weighted by atomic mass is 9.68. The summed E-state index contributed by atoms with van der Waals surface area (Å²) in [6.45, 7) is 7.67. The van der Waals surface area contributed by atoms with Gasteiger partial charge in [-0.2, -0.15) is 0 Å². The van der Waals surface area contributed by atoms with Gasteiger partial charge in [0.25, 0.3) is 0 Å². The molecule has 164 valence electrons. The second kappa shape index (κ2) is 9.35. The fourth-order valence-corrected chi connectivity index (χ4v) is 5.06. The molecule has 1 aliphatic heterocycles. The van der Waals surface area contributed by atoms with Crippen molar-refractivity contribution in [2.45, 2.75) is 25.7 Å². The number of rotatable bonds is 7. The zero-order chi connectivity index (χ0) is 21.9. The molecular formula is C22H28Cl2N2O3S. The van der Waals surface area contributed by atoms with Crippen LogP contribution in [0.5, 0.6) is 5.75 Å². The van der Waals surface area contributed by atoms with E-state index in [1.54, 1.807) is 24.3 Å². The maximum Gasteiger partial charge on any atom is 0.229 e. The molecule has 2 aromatic rings. The summed E-state index contributed by atoms with van der Waals surface area (Å²) in [5, 5.41) is 1.04. The Morgan fingerprint density at radius 1 is 1.20 bits per heavy atom. The predicted molar refractivity (Wildman–Crippen MR) is 124 cm³/mol. The molecule has 8 heteroatoms. The second-order valence-electron chi connectivity index (χ2n) is 8.22. The Morgan fingerprint density at radius 2 is 1.87 bits per heavy atom. The van der Waals surface area contributed by atoms with Crippen molar-refractivity contribution in [3.63, 3.8) is 0 Å². The highest BCUT2D eigenvalue weighted by molar-refractivity contribution is 7.92. The minimum atomic E-state index is -3.30. The second-order valence-corrected chi connectivity index (χ2v) is 10.8. The Balaban J connectivity index is 1.61. The number of piperidine rings is 1. The molecule has 3 rings (SSSR count). The largest absolute Gasteiger partial charge is 0.489 e. The van der Waals surface area contributed by atoms with Crippen LogP contribution in [-0.2, 0) is 15.4 Å². The topological polar surface area (TPSA) is 58.6 Å². The summed E-state index contributed by atoms with van der Waals surface area (Å²) >= 11 is 12.3. The number of hydrogen-bond donors (Lipinski definition) is 1. The number of halogens is 2. The molecule has 1 heterocycles. The first-order valence-corrected chi connectivity index (χ1v) is 12.6. The first-order chi connectivity index (χ1) is 14.1. The maximum absolute atomic E-state index is 11.6. The Labute approximate surface area is 189 Å². The van der Waals surface area contributed by atoms with Gasteiger partial charge >= 0.3 is 0 Å². The maximum atomic E-state index is 11.6. The summed E-state index contributed by atoms with van der Waals surface area (Å²) in [4.78, 5) is 2.38. The number of sulfonamides is 1. The van der Waals surface area contributed by atoms with Crippen molar-refractivity contribution < 1.29 is 13.2 Å². The Hall–Kier alpha value is -1.47. The van der Waals surface area contributed by atoms with Gasteiger partial charge in [-0.25, -0.2) is 8.42 Å². The van der Waals surface area contributed by atoms with E-state index in [2.05, 4.69) is 29.5 Å². The van der Waals surface area contributed by atoms with E-state index in [4.69, 9.17) is 27.9 Å². The fraction of sp³-hybridized carbons (Fsp3) is 0.455. The summed E-state index contributed by atoms with van der Waals surface area (Å²) in [6, 6.07) is 13.1. The van der Waals surface area contributed by atoms with Crippen LogP contribution < -0.4 is 9.46 Å². The molecule has 1 fully saturated rings. The van der Waals surface area contributed by atoms with Gasteiger partial charge in [-0.3, -0.25) is 9.62 Å². The molecule has 30 heavy (non-hydrogen) atoms. The molecule has 0 spiro atoms. The Bertz CT molecular complexity index is 979. The van der Waals surface area contributed by atoms with Crippen molar-refractivity contribution in [1.29, 1.82) is 0 Å².